The molecular formula is C14H23N3O2. The third-order valence-corrected chi connectivity index (χ3v) is 2.90. The summed E-state index contributed by atoms with van der Waals surface area (Å²) in [5, 5.41) is 3.30. The molecule has 106 valence electrons. The predicted molar refractivity (Wildman–Crippen MR) is 76.5 cm³/mol. The molecule has 0 aliphatic rings. The largest absolute Gasteiger partial charge is 0.464 e. The SMILES string of the molecule is CCCN(CC)CCNc1ccnc(C(=O)OC)c1. The lowest BCUT2D eigenvalue weighted by Crippen LogP contribution is -2.29. The van der Waals surface area contributed by atoms with Crippen LogP contribution >= 0.6 is 0 Å². The van der Waals surface area contributed by atoms with Crippen molar-refractivity contribution in [3.05, 3.63) is 24.0 Å². The first-order valence-corrected chi connectivity index (χ1v) is 6.71. The monoisotopic (exact) mass is 265 g/mol. The Labute approximate surface area is 115 Å². The molecule has 0 bridgehead atoms. The lowest BCUT2D eigenvalue weighted by atomic mass is 10.3. The van der Waals surface area contributed by atoms with Crippen molar-refractivity contribution < 1.29 is 9.53 Å². The van der Waals surface area contributed by atoms with Gasteiger partial charge in [0.05, 0.1) is 7.11 Å². The Hall–Kier alpha value is -1.62. The molecule has 0 unspecified atom stereocenters. The van der Waals surface area contributed by atoms with Crippen molar-refractivity contribution in [2.45, 2.75) is 20.3 Å². The zero-order chi connectivity index (χ0) is 14.1. The lowest BCUT2D eigenvalue weighted by Gasteiger charge is -2.19. The Balaban J connectivity index is 2.47. The van der Waals surface area contributed by atoms with E-state index in [0.717, 1.165) is 38.3 Å². The van der Waals surface area contributed by atoms with Crippen LogP contribution in [0.2, 0.25) is 0 Å². The molecule has 0 saturated carbocycles. The standard InChI is InChI=1S/C14H23N3O2/c1-4-9-17(5-2)10-8-15-12-6-7-16-13(11-12)14(18)19-3/h6-7,11H,4-5,8-10H2,1-3H3,(H,15,16). The Morgan fingerprint density at radius 1 is 1.42 bits per heavy atom. The Bertz CT molecular complexity index is 396. The summed E-state index contributed by atoms with van der Waals surface area (Å²) in [6.07, 6.45) is 2.77. The van der Waals surface area contributed by atoms with Crippen LogP contribution < -0.4 is 5.32 Å². The van der Waals surface area contributed by atoms with Crippen LogP contribution in [-0.2, 0) is 4.74 Å². The normalized spacial score (nSPS) is 10.5. The van der Waals surface area contributed by atoms with Crippen LogP contribution in [0.5, 0.6) is 0 Å². The van der Waals surface area contributed by atoms with E-state index in [4.69, 9.17) is 0 Å². The fourth-order valence-electron chi connectivity index (χ4n) is 1.86. The smallest absolute Gasteiger partial charge is 0.356 e. The highest BCUT2D eigenvalue weighted by Crippen LogP contribution is 2.08. The maximum Gasteiger partial charge on any atom is 0.356 e. The maximum absolute atomic E-state index is 11.4. The van der Waals surface area contributed by atoms with Crippen molar-refractivity contribution in [2.24, 2.45) is 0 Å². The fourth-order valence-corrected chi connectivity index (χ4v) is 1.86. The molecule has 0 amide bonds. The molecule has 0 aliphatic carbocycles. The van der Waals surface area contributed by atoms with Gasteiger partial charge >= 0.3 is 5.97 Å². The predicted octanol–water partition coefficient (Wildman–Crippen LogP) is 2.01. The van der Waals surface area contributed by atoms with Gasteiger partial charge in [-0.15, -0.1) is 0 Å². The second kappa shape index (κ2) is 8.48. The van der Waals surface area contributed by atoms with Gasteiger partial charge in [0.25, 0.3) is 0 Å². The fraction of sp³-hybridized carbons (Fsp3) is 0.571. The highest BCUT2D eigenvalue weighted by Gasteiger charge is 2.07. The molecule has 5 heteroatoms. The third-order valence-electron chi connectivity index (χ3n) is 2.90. The number of nitrogens with one attached hydrogen (secondary N) is 1. The minimum Gasteiger partial charge on any atom is -0.464 e. The number of esters is 1. The highest BCUT2D eigenvalue weighted by molar-refractivity contribution is 5.88. The van der Waals surface area contributed by atoms with Crippen molar-refractivity contribution in [3.63, 3.8) is 0 Å². The number of ether oxygens (including phenoxy) is 1. The molecule has 5 nitrogen and oxygen atoms in total. The van der Waals surface area contributed by atoms with Gasteiger partial charge < -0.3 is 15.0 Å². The number of carbonyl (C=O) groups excluding carboxylic acids is 1. The Morgan fingerprint density at radius 2 is 2.21 bits per heavy atom. The van der Waals surface area contributed by atoms with Crippen molar-refractivity contribution >= 4 is 11.7 Å². The molecule has 0 spiro atoms. The number of carbonyl (C=O) groups is 1. The average Bonchev–Trinajstić information content (AvgIpc) is 2.45. The van der Waals surface area contributed by atoms with E-state index in [9.17, 15) is 4.79 Å². The van der Waals surface area contributed by atoms with Crippen molar-refractivity contribution in [1.82, 2.24) is 9.88 Å². The van der Waals surface area contributed by atoms with Crippen LogP contribution in [0.15, 0.2) is 18.3 Å². The van der Waals surface area contributed by atoms with Crippen LogP contribution in [0.3, 0.4) is 0 Å². The van der Waals surface area contributed by atoms with E-state index in [1.165, 1.54) is 7.11 Å². The zero-order valence-electron chi connectivity index (χ0n) is 12.0. The van der Waals surface area contributed by atoms with Crippen LogP contribution in [0.4, 0.5) is 5.69 Å². The van der Waals surface area contributed by atoms with E-state index in [1.54, 1.807) is 12.3 Å². The summed E-state index contributed by atoms with van der Waals surface area (Å²) in [7, 11) is 1.36. The third kappa shape index (κ3) is 5.26. The molecule has 1 rings (SSSR count). The number of rotatable bonds is 8. The van der Waals surface area contributed by atoms with Gasteiger partial charge in [-0.2, -0.15) is 0 Å². The molecule has 1 aromatic rings. The first kappa shape index (κ1) is 15.4. The minimum atomic E-state index is -0.412. The number of aromatic nitrogens is 1. The highest BCUT2D eigenvalue weighted by atomic mass is 16.5. The maximum atomic E-state index is 11.4. The van der Waals surface area contributed by atoms with Gasteiger partial charge in [-0.3, -0.25) is 0 Å². The lowest BCUT2D eigenvalue weighted by molar-refractivity contribution is 0.0594. The average molecular weight is 265 g/mol. The number of anilines is 1. The number of likely N-dealkylation sites (N-methyl/N-ethyl adjacent to an activating group) is 1. The van der Waals surface area contributed by atoms with Gasteiger partial charge in [0.1, 0.15) is 5.69 Å². The van der Waals surface area contributed by atoms with Crippen molar-refractivity contribution in [1.29, 1.82) is 0 Å². The number of hydrogen-bond donors (Lipinski definition) is 1. The molecule has 1 N–H and O–H groups in total. The molecule has 0 radical (unpaired) electrons. The summed E-state index contributed by atoms with van der Waals surface area (Å²) in [5.74, 6) is -0.412. The summed E-state index contributed by atoms with van der Waals surface area (Å²) >= 11 is 0. The number of methoxy groups -OCH3 is 1. The summed E-state index contributed by atoms with van der Waals surface area (Å²) in [6, 6.07) is 3.56. The van der Waals surface area contributed by atoms with Crippen LogP contribution in [0, 0.1) is 0 Å². The van der Waals surface area contributed by atoms with E-state index in [-0.39, 0.29) is 0 Å². The van der Waals surface area contributed by atoms with Crippen LogP contribution in [0.1, 0.15) is 30.8 Å². The second-order valence-corrected chi connectivity index (χ2v) is 4.28. The molecule has 0 saturated heterocycles. The van der Waals surface area contributed by atoms with E-state index in [1.807, 2.05) is 6.07 Å². The molecular weight excluding hydrogens is 242 g/mol. The summed E-state index contributed by atoms with van der Waals surface area (Å²) in [5.41, 5.74) is 1.22. The number of pyridine rings is 1. The topological polar surface area (TPSA) is 54.5 Å². The van der Waals surface area contributed by atoms with Crippen LogP contribution in [0.25, 0.3) is 0 Å². The number of nitrogens with zero attached hydrogens (tertiary/aromatic N) is 2. The molecule has 0 fully saturated rings. The molecule has 1 heterocycles. The van der Waals surface area contributed by atoms with Gasteiger partial charge in [-0.05, 0) is 31.6 Å². The summed E-state index contributed by atoms with van der Waals surface area (Å²) < 4.78 is 4.65. The van der Waals surface area contributed by atoms with E-state index >= 15 is 0 Å². The van der Waals surface area contributed by atoms with Gasteiger partial charge in [0.2, 0.25) is 0 Å². The first-order chi connectivity index (χ1) is 9.21. The molecule has 1 aromatic heterocycles. The van der Waals surface area contributed by atoms with E-state index in [2.05, 4.69) is 33.8 Å². The van der Waals surface area contributed by atoms with Crippen LogP contribution in [-0.4, -0.2) is 49.1 Å². The van der Waals surface area contributed by atoms with Crippen molar-refractivity contribution in [3.8, 4) is 0 Å². The van der Waals surface area contributed by atoms with Gasteiger partial charge in [-0.25, -0.2) is 9.78 Å². The minimum absolute atomic E-state index is 0.327. The Morgan fingerprint density at radius 3 is 2.84 bits per heavy atom. The zero-order valence-corrected chi connectivity index (χ0v) is 12.0. The quantitative estimate of drug-likeness (QED) is 0.729. The second-order valence-electron chi connectivity index (χ2n) is 4.28. The number of hydrogen-bond acceptors (Lipinski definition) is 5. The van der Waals surface area contributed by atoms with Crippen molar-refractivity contribution in [2.75, 3.05) is 38.6 Å². The molecule has 19 heavy (non-hydrogen) atoms. The Kier molecular flexibility index (Phi) is 6.89. The van der Waals surface area contributed by atoms with E-state index in [0.29, 0.717) is 5.69 Å². The van der Waals surface area contributed by atoms with Gasteiger partial charge in [0, 0.05) is 25.0 Å². The molecule has 0 atom stereocenters. The summed E-state index contributed by atoms with van der Waals surface area (Å²) in [4.78, 5) is 17.7. The first-order valence-electron chi connectivity index (χ1n) is 6.71. The van der Waals surface area contributed by atoms with Gasteiger partial charge in [-0.1, -0.05) is 13.8 Å². The molecule has 0 aromatic carbocycles. The van der Waals surface area contributed by atoms with Gasteiger partial charge in [0.15, 0.2) is 0 Å². The van der Waals surface area contributed by atoms with E-state index < -0.39 is 5.97 Å². The molecule has 0 aliphatic heterocycles. The summed E-state index contributed by atoms with van der Waals surface area (Å²) in [6.45, 7) is 8.35.